The SMILES string of the molecule is CN(CC1CCCCC1O)C(=O)NCCc1ccc2c(c1)CCO2. The minimum atomic E-state index is -0.261. The van der Waals surface area contributed by atoms with Crippen LogP contribution in [0.15, 0.2) is 18.2 Å². The van der Waals surface area contributed by atoms with Crippen molar-refractivity contribution in [3.05, 3.63) is 29.3 Å². The Bertz CT molecular complexity index is 576. The number of aliphatic hydroxyl groups is 1. The standard InChI is InChI=1S/C19H28N2O3/c1-21(13-16-4-2-3-5-17(16)22)19(23)20-10-8-14-6-7-18-15(12-14)9-11-24-18/h6-7,12,16-17,22H,2-5,8-11,13H2,1H3,(H,20,23). The third-order valence-electron chi connectivity index (χ3n) is 5.17. The predicted molar refractivity (Wildman–Crippen MR) is 93.3 cm³/mol. The minimum absolute atomic E-state index is 0.0581. The van der Waals surface area contributed by atoms with Crippen LogP contribution in [-0.2, 0) is 12.8 Å². The van der Waals surface area contributed by atoms with Gasteiger partial charge in [-0.25, -0.2) is 4.79 Å². The van der Waals surface area contributed by atoms with Gasteiger partial charge in [0.1, 0.15) is 5.75 Å². The highest BCUT2D eigenvalue weighted by Gasteiger charge is 2.25. The molecule has 2 unspecified atom stereocenters. The summed E-state index contributed by atoms with van der Waals surface area (Å²) in [4.78, 5) is 13.9. The topological polar surface area (TPSA) is 61.8 Å². The number of urea groups is 1. The fourth-order valence-corrected chi connectivity index (χ4v) is 3.68. The molecule has 5 heteroatoms. The zero-order chi connectivity index (χ0) is 16.9. The molecule has 3 rings (SSSR count). The van der Waals surface area contributed by atoms with E-state index in [1.54, 1.807) is 4.90 Å². The third kappa shape index (κ3) is 4.20. The largest absolute Gasteiger partial charge is 0.493 e. The molecule has 0 aromatic heterocycles. The maximum atomic E-state index is 12.2. The number of nitrogens with one attached hydrogen (secondary N) is 1. The van der Waals surface area contributed by atoms with Gasteiger partial charge in [0, 0.05) is 32.5 Å². The van der Waals surface area contributed by atoms with E-state index >= 15 is 0 Å². The Morgan fingerprint density at radius 1 is 1.38 bits per heavy atom. The first kappa shape index (κ1) is 17.1. The number of rotatable bonds is 5. The number of benzene rings is 1. The number of carbonyl (C=O) groups is 1. The molecule has 1 aliphatic carbocycles. The van der Waals surface area contributed by atoms with Gasteiger partial charge in [0.25, 0.3) is 0 Å². The molecule has 1 aromatic carbocycles. The van der Waals surface area contributed by atoms with Crippen molar-refractivity contribution in [3.8, 4) is 5.75 Å². The van der Waals surface area contributed by atoms with Gasteiger partial charge < -0.3 is 20.1 Å². The van der Waals surface area contributed by atoms with E-state index in [-0.39, 0.29) is 18.1 Å². The fraction of sp³-hybridized carbons (Fsp3) is 0.632. The van der Waals surface area contributed by atoms with Gasteiger partial charge in [-0.05, 0) is 36.5 Å². The first-order chi connectivity index (χ1) is 11.6. The van der Waals surface area contributed by atoms with Crippen molar-refractivity contribution >= 4 is 6.03 Å². The second kappa shape index (κ2) is 7.88. The van der Waals surface area contributed by atoms with E-state index in [9.17, 15) is 9.90 Å². The van der Waals surface area contributed by atoms with Crippen LogP contribution >= 0.6 is 0 Å². The summed E-state index contributed by atoms with van der Waals surface area (Å²) in [5.74, 6) is 1.21. The zero-order valence-electron chi connectivity index (χ0n) is 14.5. The van der Waals surface area contributed by atoms with Crippen LogP contribution in [-0.4, -0.2) is 48.9 Å². The van der Waals surface area contributed by atoms with Crippen LogP contribution in [0.2, 0.25) is 0 Å². The Morgan fingerprint density at radius 3 is 3.04 bits per heavy atom. The van der Waals surface area contributed by atoms with Crippen molar-refractivity contribution in [3.63, 3.8) is 0 Å². The van der Waals surface area contributed by atoms with E-state index in [0.29, 0.717) is 13.1 Å². The number of carbonyl (C=O) groups excluding carboxylic acids is 1. The van der Waals surface area contributed by atoms with Gasteiger partial charge >= 0.3 is 6.03 Å². The van der Waals surface area contributed by atoms with E-state index in [1.807, 2.05) is 13.1 Å². The Labute approximate surface area is 144 Å². The molecule has 2 N–H and O–H groups in total. The summed E-state index contributed by atoms with van der Waals surface area (Å²) in [6.07, 6.45) is 5.65. The summed E-state index contributed by atoms with van der Waals surface area (Å²) < 4.78 is 5.51. The second-order valence-electron chi connectivity index (χ2n) is 7.01. The van der Waals surface area contributed by atoms with E-state index in [2.05, 4.69) is 17.4 Å². The van der Waals surface area contributed by atoms with Crippen LogP contribution in [0.3, 0.4) is 0 Å². The van der Waals surface area contributed by atoms with Crippen molar-refractivity contribution in [2.75, 3.05) is 26.7 Å². The summed E-state index contributed by atoms with van der Waals surface area (Å²) >= 11 is 0. The van der Waals surface area contributed by atoms with Crippen LogP contribution in [0.4, 0.5) is 4.79 Å². The molecule has 0 saturated heterocycles. The quantitative estimate of drug-likeness (QED) is 0.870. The molecule has 0 spiro atoms. The average molecular weight is 332 g/mol. The number of hydrogen-bond donors (Lipinski definition) is 2. The van der Waals surface area contributed by atoms with Crippen LogP contribution in [0, 0.1) is 5.92 Å². The summed E-state index contributed by atoms with van der Waals surface area (Å²) in [6, 6.07) is 6.21. The Hall–Kier alpha value is -1.75. The second-order valence-corrected chi connectivity index (χ2v) is 7.01. The normalized spacial score (nSPS) is 22.6. The molecule has 2 amide bonds. The van der Waals surface area contributed by atoms with Crippen molar-refractivity contribution in [1.29, 1.82) is 0 Å². The van der Waals surface area contributed by atoms with Gasteiger partial charge in [-0.1, -0.05) is 25.0 Å². The van der Waals surface area contributed by atoms with Crippen molar-refractivity contribution in [2.45, 2.75) is 44.6 Å². The molecule has 2 aliphatic rings. The van der Waals surface area contributed by atoms with E-state index < -0.39 is 0 Å². The smallest absolute Gasteiger partial charge is 0.317 e. The molecule has 1 fully saturated rings. The van der Waals surface area contributed by atoms with Crippen molar-refractivity contribution < 1.29 is 14.6 Å². The molecule has 1 aromatic rings. The molecule has 132 valence electrons. The lowest BCUT2D eigenvalue weighted by Gasteiger charge is -2.31. The summed E-state index contributed by atoms with van der Waals surface area (Å²) in [6.45, 7) is 2.02. The van der Waals surface area contributed by atoms with Crippen molar-refractivity contribution in [1.82, 2.24) is 10.2 Å². The molecule has 24 heavy (non-hydrogen) atoms. The molecular formula is C19H28N2O3. The highest BCUT2D eigenvalue weighted by molar-refractivity contribution is 5.73. The summed E-state index contributed by atoms with van der Waals surface area (Å²) in [5.41, 5.74) is 2.49. The molecule has 0 radical (unpaired) electrons. The molecule has 1 saturated carbocycles. The lowest BCUT2D eigenvalue weighted by molar-refractivity contribution is 0.0565. The monoisotopic (exact) mass is 332 g/mol. The fourth-order valence-electron chi connectivity index (χ4n) is 3.68. The molecule has 5 nitrogen and oxygen atoms in total. The summed E-state index contributed by atoms with van der Waals surface area (Å²) in [5, 5.41) is 13.0. The Balaban J connectivity index is 1.41. The maximum Gasteiger partial charge on any atom is 0.317 e. The first-order valence-electron chi connectivity index (χ1n) is 9.05. The third-order valence-corrected chi connectivity index (χ3v) is 5.17. The number of aliphatic hydroxyl groups excluding tert-OH is 1. The van der Waals surface area contributed by atoms with Crippen LogP contribution < -0.4 is 10.1 Å². The number of fused-ring (bicyclic) bond motifs is 1. The van der Waals surface area contributed by atoms with Crippen LogP contribution in [0.1, 0.15) is 36.8 Å². The van der Waals surface area contributed by atoms with Gasteiger partial charge in [-0.15, -0.1) is 0 Å². The highest BCUT2D eigenvalue weighted by atomic mass is 16.5. The van der Waals surface area contributed by atoms with Crippen LogP contribution in [0.5, 0.6) is 5.75 Å². The van der Waals surface area contributed by atoms with Gasteiger partial charge in [0.2, 0.25) is 0 Å². The van der Waals surface area contributed by atoms with E-state index in [4.69, 9.17) is 4.74 Å². The predicted octanol–water partition coefficient (Wildman–Crippen LogP) is 2.36. The molecule has 0 bridgehead atoms. The molecule has 1 aliphatic heterocycles. The molecule has 2 atom stereocenters. The van der Waals surface area contributed by atoms with E-state index in [1.165, 1.54) is 11.1 Å². The molecular weight excluding hydrogens is 304 g/mol. The van der Waals surface area contributed by atoms with E-state index in [0.717, 1.165) is 50.9 Å². The number of hydrogen-bond acceptors (Lipinski definition) is 3. The summed E-state index contributed by atoms with van der Waals surface area (Å²) in [7, 11) is 1.81. The number of amides is 2. The zero-order valence-corrected chi connectivity index (χ0v) is 14.5. The Kier molecular flexibility index (Phi) is 5.61. The lowest BCUT2D eigenvalue weighted by atomic mass is 9.86. The lowest BCUT2D eigenvalue weighted by Crippen LogP contribution is -2.43. The van der Waals surface area contributed by atoms with Gasteiger partial charge in [-0.2, -0.15) is 0 Å². The Morgan fingerprint density at radius 2 is 2.21 bits per heavy atom. The molecule has 1 heterocycles. The van der Waals surface area contributed by atoms with Gasteiger partial charge in [0.15, 0.2) is 0 Å². The van der Waals surface area contributed by atoms with Gasteiger partial charge in [-0.3, -0.25) is 0 Å². The van der Waals surface area contributed by atoms with Crippen LogP contribution in [0.25, 0.3) is 0 Å². The highest BCUT2D eigenvalue weighted by Crippen LogP contribution is 2.26. The number of nitrogens with zero attached hydrogens (tertiary/aromatic N) is 1. The van der Waals surface area contributed by atoms with Crippen molar-refractivity contribution in [2.24, 2.45) is 5.92 Å². The average Bonchev–Trinajstić information content (AvgIpc) is 3.04. The first-order valence-corrected chi connectivity index (χ1v) is 9.05. The minimum Gasteiger partial charge on any atom is -0.493 e. The van der Waals surface area contributed by atoms with Gasteiger partial charge in [0.05, 0.1) is 12.7 Å². The number of ether oxygens (including phenoxy) is 1. The maximum absolute atomic E-state index is 12.2.